The van der Waals surface area contributed by atoms with Crippen molar-refractivity contribution >= 4 is 0 Å². The molecule has 0 spiro atoms. The van der Waals surface area contributed by atoms with Gasteiger partial charge in [0.1, 0.15) is 0 Å². The van der Waals surface area contributed by atoms with Crippen LogP contribution < -0.4 is 5.32 Å². The molecule has 2 aliphatic heterocycles. The molecule has 2 atom stereocenters. The second-order valence-electron chi connectivity index (χ2n) is 7.04. The van der Waals surface area contributed by atoms with E-state index in [0.717, 1.165) is 25.5 Å². The van der Waals surface area contributed by atoms with Crippen LogP contribution in [0.3, 0.4) is 0 Å². The lowest BCUT2D eigenvalue weighted by Crippen LogP contribution is -2.55. The van der Waals surface area contributed by atoms with Crippen molar-refractivity contribution in [2.75, 3.05) is 19.7 Å². The molecule has 0 aliphatic carbocycles. The summed E-state index contributed by atoms with van der Waals surface area (Å²) in [4.78, 5) is 2.74. The maximum atomic E-state index is 6.13. The number of ether oxygens (including phenoxy) is 1. The van der Waals surface area contributed by atoms with E-state index in [1.54, 1.807) is 0 Å². The molecular weight excluding hydrogens is 248 g/mol. The Hall–Kier alpha value is -0.120. The zero-order valence-corrected chi connectivity index (χ0v) is 14.0. The van der Waals surface area contributed by atoms with E-state index in [-0.39, 0.29) is 5.60 Å². The van der Waals surface area contributed by atoms with Crippen LogP contribution in [-0.2, 0) is 4.74 Å². The quantitative estimate of drug-likeness (QED) is 0.838. The normalized spacial score (nSPS) is 31.6. The SMILES string of the molecule is CCC1(CC)CC(N2CCCC(NC(C)C)C2)CCO1. The van der Waals surface area contributed by atoms with Crippen molar-refractivity contribution in [1.82, 2.24) is 10.2 Å². The third-order valence-electron chi connectivity index (χ3n) is 5.29. The smallest absolute Gasteiger partial charge is 0.0692 e. The number of nitrogens with zero attached hydrogens (tertiary/aromatic N) is 1. The Labute approximate surface area is 125 Å². The van der Waals surface area contributed by atoms with Crippen molar-refractivity contribution in [3.05, 3.63) is 0 Å². The highest BCUT2D eigenvalue weighted by atomic mass is 16.5. The van der Waals surface area contributed by atoms with Crippen LogP contribution >= 0.6 is 0 Å². The van der Waals surface area contributed by atoms with E-state index in [1.165, 1.54) is 38.8 Å². The highest BCUT2D eigenvalue weighted by Gasteiger charge is 2.38. The summed E-state index contributed by atoms with van der Waals surface area (Å²) in [5, 5.41) is 3.73. The molecule has 0 amide bonds. The molecule has 0 saturated carbocycles. The van der Waals surface area contributed by atoms with E-state index >= 15 is 0 Å². The molecule has 0 aromatic rings. The van der Waals surface area contributed by atoms with Crippen LogP contribution in [0.2, 0.25) is 0 Å². The van der Waals surface area contributed by atoms with Crippen molar-refractivity contribution < 1.29 is 4.74 Å². The first-order valence-corrected chi connectivity index (χ1v) is 8.72. The molecule has 2 saturated heterocycles. The molecule has 2 unspecified atom stereocenters. The minimum Gasteiger partial charge on any atom is -0.375 e. The number of nitrogens with one attached hydrogen (secondary N) is 1. The molecule has 1 N–H and O–H groups in total. The molecule has 3 nitrogen and oxygen atoms in total. The predicted molar refractivity (Wildman–Crippen MR) is 85.2 cm³/mol. The highest BCUT2D eigenvalue weighted by molar-refractivity contribution is 4.92. The predicted octanol–water partition coefficient (Wildman–Crippen LogP) is 3.19. The van der Waals surface area contributed by atoms with Gasteiger partial charge in [-0.1, -0.05) is 27.7 Å². The van der Waals surface area contributed by atoms with Crippen molar-refractivity contribution in [3.63, 3.8) is 0 Å². The summed E-state index contributed by atoms with van der Waals surface area (Å²) in [5.41, 5.74) is 0.154. The number of hydrogen-bond donors (Lipinski definition) is 1. The number of hydrogen-bond acceptors (Lipinski definition) is 3. The maximum Gasteiger partial charge on any atom is 0.0692 e. The van der Waals surface area contributed by atoms with Gasteiger partial charge in [0.25, 0.3) is 0 Å². The lowest BCUT2D eigenvalue weighted by molar-refractivity contribution is -0.113. The van der Waals surface area contributed by atoms with Gasteiger partial charge in [0.15, 0.2) is 0 Å². The van der Waals surface area contributed by atoms with E-state index in [2.05, 4.69) is 37.9 Å². The Morgan fingerprint density at radius 3 is 2.65 bits per heavy atom. The van der Waals surface area contributed by atoms with Crippen LogP contribution in [-0.4, -0.2) is 48.3 Å². The second kappa shape index (κ2) is 7.24. The van der Waals surface area contributed by atoms with E-state index < -0.39 is 0 Å². The van der Waals surface area contributed by atoms with Gasteiger partial charge in [-0.2, -0.15) is 0 Å². The Morgan fingerprint density at radius 1 is 1.25 bits per heavy atom. The molecule has 118 valence electrons. The van der Waals surface area contributed by atoms with E-state index in [9.17, 15) is 0 Å². The van der Waals surface area contributed by atoms with E-state index in [4.69, 9.17) is 4.74 Å². The zero-order valence-electron chi connectivity index (χ0n) is 14.0. The molecule has 2 rings (SSSR count). The number of rotatable bonds is 5. The lowest BCUT2D eigenvalue weighted by atomic mass is 9.84. The average Bonchev–Trinajstić information content (AvgIpc) is 2.47. The summed E-state index contributed by atoms with van der Waals surface area (Å²) < 4.78 is 6.13. The third kappa shape index (κ3) is 3.96. The third-order valence-corrected chi connectivity index (χ3v) is 5.29. The minimum atomic E-state index is 0.154. The average molecular weight is 282 g/mol. The van der Waals surface area contributed by atoms with Gasteiger partial charge < -0.3 is 10.1 Å². The summed E-state index contributed by atoms with van der Waals surface area (Å²) >= 11 is 0. The summed E-state index contributed by atoms with van der Waals surface area (Å²) in [5.74, 6) is 0. The molecule has 0 aromatic heterocycles. The van der Waals surface area contributed by atoms with Crippen molar-refractivity contribution in [1.29, 1.82) is 0 Å². The van der Waals surface area contributed by atoms with Gasteiger partial charge in [0, 0.05) is 31.3 Å². The molecule has 2 heterocycles. The van der Waals surface area contributed by atoms with E-state index in [1.807, 2.05) is 0 Å². The van der Waals surface area contributed by atoms with Crippen LogP contribution in [0.25, 0.3) is 0 Å². The van der Waals surface area contributed by atoms with Crippen LogP contribution in [0.5, 0.6) is 0 Å². The number of likely N-dealkylation sites (tertiary alicyclic amines) is 1. The van der Waals surface area contributed by atoms with Crippen LogP contribution in [0.15, 0.2) is 0 Å². The maximum absolute atomic E-state index is 6.13. The second-order valence-corrected chi connectivity index (χ2v) is 7.04. The van der Waals surface area contributed by atoms with Crippen LogP contribution in [0.4, 0.5) is 0 Å². The van der Waals surface area contributed by atoms with Crippen molar-refractivity contribution in [2.45, 2.75) is 89.9 Å². The van der Waals surface area contributed by atoms with E-state index in [0.29, 0.717) is 12.1 Å². The van der Waals surface area contributed by atoms with Crippen LogP contribution in [0.1, 0.15) is 66.2 Å². The molecule has 2 fully saturated rings. The molecule has 3 heteroatoms. The van der Waals surface area contributed by atoms with Gasteiger partial charge in [0.05, 0.1) is 5.60 Å². The van der Waals surface area contributed by atoms with Gasteiger partial charge >= 0.3 is 0 Å². The summed E-state index contributed by atoms with van der Waals surface area (Å²) in [6.07, 6.45) is 7.44. The Kier molecular flexibility index (Phi) is 5.88. The number of piperidine rings is 1. The molecule has 20 heavy (non-hydrogen) atoms. The molecule has 0 aromatic carbocycles. The fourth-order valence-electron chi connectivity index (χ4n) is 4.00. The van der Waals surface area contributed by atoms with Gasteiger partial charge in [-0.15, -0.1) is 0 Å². The fraction of sp³-hybridized carbons (Fsp3) is 1.00. The first kappa shape index (κ1) is 16.3. The largest absolute Gasteiger partial charge is 0.375 e. The Balaban J connectivity index is 1.93. The van der Waals surface area contributed by atoms with Crippen molar-refractivity contribution in [3.8, 4) is 0 Å². The minimum absolute atomic E-state index is 0.154. The molecule has 2 aliphatic rings. The van der Waals surface area contributed by atoms with Gasteiger partial charge in [-0.05, 0) is 45.1 Å². The first-order chi connectivity index (χ1) is 9.58. The molecule has 0 bridgehead atoms. The van der Waals surface area contributed by atoms with Crippen LogP contribution in [0, 0.1) is 0 Å². The van der Waals surface area contributed by atoms with Gasteiger partial charge in [-0.25, -0.2) is 0 Å². The molecular formula is C17H34N2O. The zero-order chi connectivity index (χ0) is 14.6. The summed E-state index contributed by atoms with van der Waals surface area (Å²) in [6.45, 7) is 12.5. The van der Waals surface area contributed by atoms with Gasteiger partial charge in [-0.3, -0.25) is 4.90 Å². The highest BCUT2D eigenvalue weighted by Crippen LogP contribution is 2.34. The summed E-state index contributed by atoms with van der Waals surface area (Å²) in [7, 11) is 0. The summed E-state index contributed by atoms with van der Waals surface area (Å²) in [6, 6.07) is 2.02. The van der Waals surface area contributed by atoms with Gasteiger partial charge in [0.2, 0.25) is 0 Å². The molecule has 0 radical (unpaired) electrons. The fourth-order valence-corrected chi connectivity index (χ4v) is 4.00. The first-order valence-electron chi connectivity index (χ1n) is 8.72. The lowest BCUT2D eigenvalue weighted by Gasteiger charge is -2.46. The standard InChI is InChI=1S/C17H34N2O/c1-5-17(6-2)12-16(9-11-20-17)19-10-7-8-15(13-19)18-14(3)4/h14-16,18H,5-13H2,1-4H3. The topological polar surface area (TPSA) is 24.5 Å². The Morgan fingerprint density at radius 2 is 2.00 bits per heavy atom. The Bertz CT molecular complexity index is 289. The monoisotopic (exact) mass is 282 g/mol. The van der Waals surface area contributed by atoms with Crippen molar-refractivity contribution in [2.24, 2.45) is 0 Å².